The number of ether oxygens (including phenoxy) is 1. The van der Waals surface area contributed by atoms with Crippen molar-refractivity contribution in [2.75, 3.05) is 18.5 Å². The number of pyridine rings is 2. The molecule has 1 amide bonds. The first-order chi connectivity index (χ1) is 16.2. The first kappa shape index (κ1) is 19.9. The van der Waals surface area contributed by atoms with Crippen molar-refractivity contribution in [3.8, 4) is 11.3 Å². The molecule has 7 nitrogen and oxygen atoms in total. The van der Waals surface area contributed by atoms with Gasteiger partial charge in [-0.25, -0.2) is 14.4 Å². The molecular weight excluding hydrogens is 421 g/mol. The van der Waals surface area contributed by atoms with E-state index in [1.807, 2.05) is 28.8 Å². The number of fused-ring (bicyclic) bond motifs is 2. The standard InChI is InChI=1S/C25H22FN5O2/c26-17-5-8-31-21(14-28-23(31)11-17)18-2-3-20(24-19(18)13-29-25(24)32)30-22-4-1-16(12-27-22)15-6-9-33-10-7-15/h1-5,8,11-12,14-15H,6-7,9-10,13H2,(H,27,30)(H,29,32). The minimum atomic E-state index is -0.336. The number of imidazole rings is 1. The fraction of sp³-hybridized carbons (Fsp3) is 0.240. The summed E-state index contributed by atoms with van der Waals surface area (Å²) in [4.78, 5) is 21.6. The van der Waals surface area contributed by atoms with Crippen molar-refractivity contribution in [3.05, 3.63) is 77.5 Å². The van der Waals surface area contributed by atoms with Crippen molar-refractivity contribution < 1.29 is 13.9 Å². The maximum atomic E-state index is 13.6. The van der Waals surface area contributed by atoms with Gasteiger partial charge in [0.1, 0.15) is 17.3 Å². The largest absolute Gasteiger partial charge is 0.381 e. The molecule has 8 heteroatoms. The predicted octanol–water partition coefficient (Wildman–Crippen LogP) is 4.42. The maximum absolute atomic E-state index is 13.6. The van der Waals surface area contributed by atoms with Gasteiger partial charge in [0.2, 0.25) is 0 Å². The van der Waals surface area contributed by atoms with E-state index in [0.29, 0.717) is 35.2 Å². The minimum Gasteiger partial charge on any atom is -0.381 e. The second kappa shape index (κ2) is 7.97. The summed E-state index contributed by atoms with van der Waals surface area (Å²) >= 11 is 0. The Hall–Kier alpha value is -3.78. The molecule has 33 heavy (non-hydrogen) atoms. The second-order valence-corrected chi connectivity index (χ2v) is 8.40. The van der Waals surface area contributed by atoms with Crippen LogP contribution in [-0.4, -0.2) is 33.5 Å². The molecule has 0 unspecified atom stereocenters. The van der Waals surface area contributed by atoms with Crippen LogP contribution in [0.2, 0.25) is 0 Å². The number of hydrogen-bond acceptors (Lipinski definition) is 5. The van der Waals surface area contributed by atoms with Crippen molar-refractivity contribution in [1.82, 2.24) is 19.7 Å². The quantitative estimate of drug-likeness (QED) is 0.488. The number of halogens is 1. The van der Waals surface area contributed by atoms with E-state index < -0.39 is 0 Å². The Morgan fingerprint density at radius 1 is 1.09 bits per heavy atom. The zero-order chi connectivity index (χ0) is 22.4. The highest BCUT2D eigenvalue weighted by molar-refractivity contribution is 6.06. The number of rotatable bonds is 4. The molecule has 6 rings (SSSR count). The third-order valence-corrected chi connectivity index (χ3v) is 6.46. The molecule has 1 fully saturated rings. The number of carbonyl (C=O) groups is 1. The van der Waals surface area contributed by atoms with E-state index in [-0.39, 0.29) is 11.7 Å². The van der Waals surface area contributed by atoms with Crippen LogP contribution < -0.4 is 10.6 Å². The minimum absolute atomic E-state index is 0.131. The van der Waals surface area contributed by atoms with Crippen LogP contribution in [0.15, 0.2) is 55.0 Å². The van der Waals surface area contributed by atoms with E-state index in [0.717, 1.165) is 42.9 Å². The molecule has 4 aromatic rings. The maximum Gasteiger partial charge on any atom is 0.254 e. The lowest BCUT2D eigenvalue weighted by Crippen LogP contribution is -2.14. The van der Waals surface area contributed by atoms with E-state index in [9.17, 15) is 9.18 Å². The van der Waals surface area contributed by atoms with E-state index in [2.05, 4.69) is 26.7 Å². The first-order valence-corrected chi connectivity index (χ1v) is 11.0. The summed E-state index contributed by atoms with van der Waals surface area (Å²) in [6.45, 7) is 2.00. The normalized spacial score (nSPS) is 16.1. The van der Waals surface area contributed by atoms with Gasteiger partial charge in [-0.3, -0.25) is 9.20 Å². The van der Waals surface area contributed by atoms with Crippen molar-refractivity contribution >= 4 is 23.1 Å². The molecular formula is C25H22FN5O2. The fourth-order valence-corrected chi connectivity index (χ4v) is 4.74. The van der Waals surface area contributed by atoms with Gasteiger partial charge >= 0.3 is 0 Å². The predicted molar refractivity (Wildman–Crippen MR) is 122 cm³/mol. The van der Waals surface area contributed by atoms with Crippen LogP contribution in [0, 0.1) is 5.82 Å². The summed E-state index contributed by atoms with van der Waals surface area (Å²) in [5.41, 5.74) is 5.61. The molecule has 1 aromatic carbocycles. The number of benzene rings is 1. The van der Waals surface area contributed by atoms with E-state index in [1.54, 1.807) is 12.4 Å². The first-order valence-electron chi connectivity index (χ1n) is 11.0. The molecule has 0 atom stereocenters. The molecule has 166 valence electrons. The van der Waals surface area contributed by atoms with Crippen LogP contribution in [0.1, 0.15) is 40.2 Å². The number of anilines is 2. The topological polar surface area (TPSA) is 80.6 Å². The molecule has 0 saturated carbocycles. The zero-order valence-electron chi connectivity index (χ0n) is 17.8. The SMILES string of the molecule is O=C1NCc2c(-c3cnc4cc(F)ccn34)ccc(Nc3ccc(C4CCOCC4)cn3)c21. The van der Waals surface area contributed by atoms with Gasteiger partial charge in [-0.2, -0.15) is 0 Å². The number of amides is 1. The van der Waals surface area contributed by atoms with Gasteiger partial charge in [-0.1, -0.05) is 12.1 Å². The zero-order valence-corrected chi connectivity index (χ0v) is 17.8. The molecule has 5 heterocycles. The highest BCUT2D eigenvalue weighted by atomic mass is 19.1. The lowest BCUT2D eigenvalue weighted by atomic mass is 9.93. The van der Waals surface area contributed by atoms with Crippen LogP contribution in [-0.2, 0) is 11.3 Å². The van der Waals surface area contributed by atoms with Crippen molar-refractivity contribution in [1.29, 1.82) is 0 Å². The van der Waals surface area contributed by atoms with Gasteiger partial charge in [-0.05, 0) is 48.1 Å². The molecule has 2 N–H and O–H groups in total. The number of hydrogen-bond donors (Lipinski definition) is 2. The van der Waals surface area contributed by atoms with E-state index in [4.69, 9.17) is 4.74 Å². The van der Waals surface area contributed by atoms with Crippen molar-refractivity contribution in [3.63, 3.8) is 0 Å². The molecule has 0 aliphatic carbocycles. The third-order valence-electron chi connectivity index (χ3n) is 6.46. The van der Waals surface area contributed by atoms with Gasteiger partial charge in [0, 0.05) is 43.8 Å². The number of aromatic nitrogens is 3. The number of nitrogens with one attached hydrogen (secondary N) is 2. The van der Waals surface area contributed by atoms with Crippen LogP contribution in [0.3, 0.4) is 0 Å². The number of carbonyl (C=O) groups excluding carboxylic acids is 1. The summed E-state index contributed by atoms with van der Waals surface area (Å²) in [5.74, 6) is 0.698. The molecule has 0 spiro atoms. The van der Waals surface area contributed by atoms with Crippen LogP contribution in [0.4, 0.5) is 15.9 Å². The summed E-state index contributed by atoms with van der Waals surface area (Å²) in [7, 11) is 0. The third kappa shape index (κ3) is 3.52. The Bertz CT molecular complexity index is 1360. The van der Waals surface area contributed by atoms with Crippen LogP contribution in [0.25, 0.3) is 16.9 Å². The van der Waals surface area contributed by atoms with Crippen LogP contribution in [0.5, 0.6) is 0 Å². The van der Waals surface area contributed by atoms with Crippen LogP contribution >= 0.6 is 0 Å². The Morgan fingerprint density at radius 2 is 1.97 bits per heavy atom. The van der Waals surface area contributed by atoms with Gasteiger partial charge in [0.15, 0.2) is 0 Å². The highest BCUT2D eigenvalue weighted by Crippen LogP contribution is 2.35. The smallest absolute Gasteiger partial charge is 0.254 e. The summed E-state index contributed by atoms with van der Waals surface area (Å²) in [5, 5.41) is 6.24. The van der Waals surface area contributed by atoms with Gasteiger partial charge in [0.25, 0.3) is 5.91 Å². The highest BCUT2D eigenvalue weighted by Gasteiger charge is 2.27. The Labute approximate surface area is 189 Å². The average Bonchev–Trinajstić information content (AvgIpc) is 3.44. The Kier molecular flexibility index (Phi) is 4.80. The van der Waals surface area contributed by atoms with E-state index >= 15 is 0 Å². The lowest BCUT2D eigenvalue weighted by molar-refractivity contribution is 0.0853. The molecule has 1 saturated heterocycles. The van der Waals surface area contributed by atoms with Crippen molar-refractivity contribution in [2.24, 2.45) is 0 Å². The summed E-state index contributed by atoms with van der Waals surface area (Å²) < 4.78 is 20.9. The fourth-order valence-electron chi connectivity index (χ4n) is 4.74. The summed E-state index contributed by atoms with van der Waals surface area (Å²) in [6.07, 6.45) is 7.29. The molecule has 2 aliphatic heterocycles. The Balaban J connectivity index is 1.33. The van der Waals surface area contributed by atoms with Gasteiger partial charge < -0.3 is 15.4 Å². The molecule has 0 radical (unpaired) electrons. The summed E-state index contributed by atoms with van der Waals surface area (Å²) in [6, 6.07) is 10.7. The molecule has 2 aliphatic rings. The lowest BCUT2D eigenvalue weighted by Gasteiger charge is -2.22. The number of nitrogens with zero attached hydrogens (tertiary/aromatic N) is 3. The van der Waals surface area contributed by atoms with E-state index in [1.165, 1.54) is 17.7 Å². The Morgan fingerprint density at radius 3 is 2.79 bits per heavy atom. The average molecular weight is 443 g/mol. The van der Waals surface area contributed by atoms with Gasteiger partial charge in [0.05, 0.1) is 23.1 Å². The molecule has 3 aromatic heterocycles. The van der Waals surface area contributed by atoms with Gasteiger partial charge in [-0.15, -0.1) is 0 Å². The van der Waals surface area contributed by atoms with Crippen molar-refractivity contribution in [2.45, 2.75) is 25.3 Å². The monoisotopic (exact) mass is 443 g/mol. The second-order valence-electron chi connectivity index (χ2n) is 8.40. The molecule has 0 bridgehead atoms.